The van der Waals surface area contributed by atoms with E-state index in [0.717, 1.165) is 23.3 Å². The summed E-state index contributed by atoms with van der Waals surface area (Å²) in [6.07, 6.45) is 0.847. The molecule has 0 aliphatic heterocycles. The first-order chi connectivity index (χ1) is 8.58. The van der Waals surface area contributed by atoms with Crippen LogP contribution in [0.3, 0.4) is 0 Å². The van der Waals surface area contributed by atoms with Gasteiger partial charge in [0.25, 0.3) is 0 Å². The number of rotatable bonds is 4. The van der Waals surface area contributed by atoms with Crippen molar-refractivity contribution in [3.63, 3.8) is 0 Å². The van der Waals surface area contributed by atoms with E-state index in [9.17, 15) is 9.90 Å². The summed E-state index contributed by atoms with van der Waals surface area (Å²) in [4.78, 5) is 11.3. The second kappa shape index (κ2) is 5.24. The zero-order chi connectivity index (χ0) is 14.8. The van der Waals surface area contributed by atoms with Crippen molar-refractivity contribution in [3.05, 3.63) is 29.3 Å². The van der Waals surface area contributed by atoms with E-state index in [0.29, 0.717) is 0 Å². The monoisotopic (exact) mass is 264 g/mol. The summed E-state index contributed by atoms with van der Waals surface area (Å²) in [6, 6.07) is 5.65. The number of aliphatic carboxylic acids is 1. The summed E-state index contributed by atoms with van der Waals surface area (Å²) < 4.78 is 5.37. The van der Waals surface area contributed by atoms with Crippen LogP contribution in [0.4, 0.5) is 0 Å². The highest BCUT2D eigenvalue weighted by Crippen LogP contribution is 2.32. The predicted octanol–water partition coefficient (Wildman–Crippen LogP) is 3.65. The van der Waals surface area contributed by atoms with Crippen LogP contribution >= 0.6 is 0 Å². The summed E-state index contributed by atoms with van der Waals surface area (Å²) in [5.41, 5.74) is 1.10. The van der Waals surface area contributed by atoms with Gasteiger partial charge in [0.15, 0.2) is 0 Å². The normalized spacial score (nSPS) is 12.3. The van der Waals surface area contributed by atoms with E-state index < -0.39 is 11.4 Å². The van der Waals surface area contributed by atoms with Crippen molar-refractivity contribution in [1.82, 2.24) is 0 Å². The maximum atomic E-state index is 11.3. The van der Waals surface area contributed by atoms with Crippen LogP contribution in [0, 0.1) is 5.41 Å². The molecule has 0 saturated carbocycles. The molecule has 0 atom stereocenters. The van der Waals surface area contributed by atoms with E-state index in [1.165, 1.54) is 0 Å². The molecule has 0 bridgehead atoms. The lowest BCUT2D eigenvalue weighted by molar-refractivity contribution is -0.142. The number of benzene rings is 1. The Labute approximate surface area is 115 Å². The number of hydrogen-bond acceptors (Lipinski definition) is 2. The zero-order valence-electron chi connectivity index (χ0n) is 12.7. The smallest absolute Gasteiger partial charge is 0.313 e. The highest BCUT2D eigenvalue weighted by Gasteiger charge is 2.30. The fourth-order valence-corrected chi connectivity index (χ4v) is 2.00. The lowest BCUT2D eigenvalue weighted by atomic mass is 9.81. The molecule has 1 N–H and O–H groups in total. The second-order valence-corrected chi connectivity index (χ2v) is 6.69. The molecule has 0 fully saturated rings. The molecule has 0 aromatic heterocycles. The van der Waals surface area contributed by atoms with Gasteiger partial charge in [0.2, 0.25) is 0 Å². The van der Waals surface area contributed by atoms with Gasteiger partial charge in [-0.2, -0.15) is 0 Å². The topological polar surface area (TPSA) is 46.5 Å². The quantitative estimate of drug-likeness (QED) is 0.903. The Kier molecular flexibility index (Phi) is 4.28. The van der Waals surface area contributed by atoms with Crippen molar-refractivity contribution in [2.24, 2.45) is 5.41 Å². The van der Waals surface area contributed by atoms with Gasteiger partial charge in [0, 0.05) is 0 Å². The summed E-state index contributed by atoms with van der Waals surface area (Å²) in [7, 11) is 1.64. The van der Waals surface area contributed by atoms with E-state index in [-0.39, 0.29) is 5.41 Å². The summed E-state index contributed by atoms with van der Waals surface area (Å²) in [5, 5.41) is 9.31. The predicted molar refractivity (Wildman–Crippen MR) is 76.8 cm³/mol. The van der Waals surface area contributed by atoms with E-state index in [1.807, 2.05) is 18.2 Å². The largest absolute Gasteiger partial charge is 0.496 e. The van der Waals surface area contributed by atoms with Gasteiger partial charge in [0.05, 0.1) is 12.5 Å². The molecule has 1 aromatic carbocycles. The van der Waals surface area contributed by atoms with Gasteiger partial charge in [-0.1, -0.05) is 32.9 Å². The Morgan fingerprint density at radius 3 is 2.21 bits per heavy atom. The lowest BCUT2D eigenvalue weighted by Gasteiger charge is -2.24. The molecule has 3 nitrogen and oxygen atoms in total. The average molecular weight is 264 g/mol. The third-order valence-electron chi connectivity index (χ3n) is 3.26. The van der Waals surface area contributed by atoms with Gasteiger partial charge in [-0.3, -0.25) is 4.79 Å². The van der Waals surface area contributed by atoms with Crippen molar-refractivity contribution < 1.29 is 14.6 Å². The van der Waals surface area contributed by atoms with E-state index in [2.05, 4.69) is 20.8 Å². The van der Waals surface area contributed by atoms with Crippen molar-refractivity contribution in [3.8, 4) is 5.75 Å². The second-order valence-electron chi connectivity index (χ2n) is 6.69. The van der Waals surface area contributed by atoms with Gasteiger partial charge in [0.1, 0.15) is 5.75 Å². The summed E-state index contributed by atoms with van der Waals surface area (Å²) >= 11 is 0. The van der Waals surface area contributed by atoms with E-state index in [4.69, 9.17) is 4.74 Å². The Balaban J connectivity index is 3.26. The van der Waals surface area contributed by atoms with Crippen LogP contribution in [-0.2, 0) is 16.6 Å². The minimum absolute atomic E-state index is 0.124. The Morgan fingerprint density at radius 2 is 1.79 bits per heavy atom. The Morgan fingerprint density at radius 1 is 1.21 bits per heavy atom. The standard InChI is InChI=1S/C16H24O3/c1-15(2,3)10-11-9-12(7-8-13(11)19-6)16(4,5)14(17)18/h7-9H,10H2,1-6H3,(H,17,18). The molecule has 1 aromatic rings. The van der Waals surface area contributed by atoms with Crippen LogP contribution in [0.2, 0.25) is 0 Å². The molecule has 0 unspecified atom stereocenters. The molecule has 3 heteroatoms. The van der Waals surface area contributed by atoms with E-state index in [1.54, 1.807) is 21.0 Å². The third-order valence-corrected chi connectivity index (χ3v) is 3.26. The fraction of sp³-hybridized carbons (Fsp3) is 0.562. The molecular formula is C16H24O3. The Bertz CT molecular complexity index is 467. The number of carbonyl (C=O) groups is 1. The Hall–Kier alpha value is -1.51. The molecule has 106 valence electrons. The van der Waals surface area contributed by atoms with Crippen LogP contribution in [-0.4, -0.2) is 18.2 Å². The number of hydrogen-bond donors (Lipinski definition) is 1. The minimum Gasteiger partial charge on any atom is -0.496 e. The molecule has 0 aliphatic rings. The van der Waals surface area contributed by atoms with Gasteiger partial charge in [-0.25, -0.2) is 0 Å². The van der Waals surface area contributed by atoms with Crippen LogP contribution in [0.1, 0.15) is 45.7 Å². The molecule has 0 spiro atoms. The van der Waals surface area contributed by atoms with Crippen LogP contribution in [0.5, 0.6) is 5.75 Å². The molecule has 0 heterocycles. The first-order valence-corrected chi connectivity index (χ1v) is 6.49. The fourth-order valence-electron chi connectivity index (χ4n) is 2.00. The van der Waals surface area contributed by atoms with Crippen molar-refractivity contribution in [2.45, 2.75) is 46.5 Å². The first kappa shape index (κ1) is 15.5. The highest BCUT2D eigenvalue weighted by atomic mass is 16.5. The summed E-state index contributed by atoms with van der Waals surface area (Å²) in [5.74, 6) is -0.000704. The van der Waals surface area contributed by atoms with Gasteiger partial charge >= 0.3 is 5.97 Å². The summed E-state index contributed by atoms with van der Waals surface area (Å²) in [6.45, 7) is 9.90. The first-order valence-electron chi connectivity index (χ1n) is 6.49. The van der Waals surface area contributed by atoms with Crippen molar-refractivity contribution >= 4 is 5.97 Å². The van der Waals surface area contributed by atoms with Crippen LogP contribution < -0.4 is 4.74 Å². The van der Waals surface area contributed by atoms with Gasteiger partial charge in [-0.05, 0) is 42.9 Å². The van der Waals surface area contributed by atoms with Crippen molar-refractivity contribution in [1.29, 1.82) is 0 Å². The molecule has 0 radical (unpaired) electrons. The van der Waals surface area contributed by atoms with Crippen LogP contribution in [0.15, 0.2) is 18.2 Å². The highest BCUT2D eigenvalue weighted by molar-refractivity contribution is 5.80. The average Bonchev–Trinajstić information content (AvgIpc) is 2.26. The SMILES string of the molecule is COc1ccc(C(C)(C)C(=O)O)cc1CC(C)(C)C. The lowest BCUT2D eigenvalue weighted by Crippen LogP contribution is -2.28. The van der Waals surface area contributed by atoms with Crippen LogP contribution in [0.25, 0.3) is 0 Å². The molecule has 0 aliphatic carbocycles. The maximum absolute atomic E-state index is 11.3. The molecular weight excluding hydrogens is 240 g/mol. The molecule has 0 amide bonds. The maximum Gasteiger partial charge on any atom is 0.313 e. The number of carboxylic acid groups (broad SMARTS) is 1. The zero-order valence-corrected chi connectivity index (χ0v) is 12.7. The molecule has 1 rings (SSSR count). The van der Waals surface area contributed by atoms with Crippen molar-refractivity contribution in [2.75, 3.05) is 7.11 Å². The molecule has 0 saturated heterocycles. The van der Waals surface area contributed by atoms with Gasteiger partial charge in [-0.15, -0.1) is 0 Å². The number of carboxylic acids is 1. The minimum atomic E-state index is -0.890. The number of methoxy groups -OCH3 is 1. The van der Waals surface area contributed by atoms with E-state index >= 15 is 0 Å². The van der Waals surface area contributed by atoms with Gasteiger partial charge < -0.3 is 9.84 Å². The molecule has 19 heavy (non-hydrogen) atoms. The number of ether oxygens (including phenoxy) is 1. The third kappa shape index (κ3) is 3.72.